The van der Waals surface area contributed by atoms with E-state index < -0.39 is 0 Å². The average Bonchev–Trinajstić information content (AvgIpc) is 2.59. The van der Waals surface area contributed by atoms with Gasteiger partial charge in [0.05, 0.1) is 0 Å². The van der Waals surface area contributed by atoms with Gasteiger partial charge < -0.3 is 10.2 Å². The number of urea groups is 1. The van der Waals surface area contributed by atoms with Gasteiger partial charge in [-0.2, -0.15) is 0 Å². The number of aromatic nitrogens is 1. The summed E-state index contributed by atoms with van der Waals surface area (Å²) in [7, 11) is 3.31. The fourth-order valence-electron chi connectivity index (χ4n) is 2.26. The zero-order valence-corrected chi connectivity index (χ0v) is 14.2. The van der Waals surface area contributed by atoms with Gasteiger partial charge in [-0.15, -0.1) is 0 Å². The standard InChI is InChI=1S/C18H22N4O2/c1-4-13-8-5-6-9-14(13)12-19-18(24)21-16-11-7-10-15(20-16)17(23)22(2)3/h5-11H,4,12H2,1-3H3,(H2,19,20,21,24). The van der Waals surface area contributed by atoms with Gasteiger partial charge in [-0.25, -0.2) is 9.78 Å². The predicted octanol–water partition coefficient (Wildman–Crippen LogP) is 2.67. The van der Waals surface area contributed by atoms with Gasteiger partial charge in [-0.1, -0.05) is 37.3 Å². The first-order valence-electron chi connectivity index (χ1n) is 7.81. The van der Waals surface area contributed by atoms with Gasteiger partial charge in [0.25, 0.3) is 5.91 Å². The van der Waals surface area contributed by atoms with Gasteiger partial charge in [0.1, 0.15) is 11.5 Å². The van der Waals surface area contributed by atoms with Crippen LogP contribution in [0.4, 0.5) is 10.6 Å². The molecule has 2 rings (SSSR count). The minimum atomic E-state index is -0.358. The highest BCUT2D eigenvalue weighted by Gasteiger charge is 2.11. The summed E-state index contributed by atoms with van der Waals surface area (Å²) >= 11 is 0. The Labute approximate surface area is 141 Å². The van der Waals surface area contributed by atoms with Gasteiger partial charge in [0.2, 0.25) is 0 Å². The molecule has 24 heavy (non-hydrogen) atoms. The van der Waals surface area contributed by atoms with Crippen LogP contribution in [0.25, 0.3) is 0 Å². The summed E-state index contributed by atoms with van der Waals surface area (Å²) in [5, 5.41) is 5.46. The Kier molecular flexibility index (Phi) is 5.89. The number of rotatable bonds is 5. The molecule has 0 unspecified atom stereocenters. The van der Waals surface area contributed by atoms with Crippen molar-refractivity contribution < 1.29 is 9.59 Å². The van der Waals surface area contributed by atoms with E-state index in [2.05, 4.69) is 22.5 Å². The molecule has 3 amide bonds. The Morgan fingerprint density at radius 3 is 2.42 bits per heavy atom. The fourth-order valence-corrected chi connectivity index (χ4v) is 2.26. The highest BCUT2D eigenvalue weighted by atomic mass is 16.2. The number of benzene rings is 1. The molecule has 2 aromatic rings. The van der Waals surface area contributed by atoms with E-state index in [-0.39, 0.29) is 17.6 Å². The second-order valence-corrected chi connectivity index (χ2v) is 5.54. The molecule has 0 radical (unpaired) electrons. The van der Waals surface area contributed by atoms with E-state index in [0.717, 1.165) is 12.0 Å². The van der Waals surface area contributed by atoms with Crippen LogP contribution in [0, 0.1) is 0 Å². The van der Waals surface area contributed by atoms with E-state index in [1.54, 1.807) is 32.3 Å². The number of carbonyl (C=O) groups excluding carboxylic acids is 2. The van der Waals surface area contributed by atoms with Crippen LogP contribution in [0.15, 0.2) is 42.5 Å². The molecule has 1 heterocycles. The third kappa shape index (κ3) is 4.55. The van der Waals surface area contributed by atoms with E-state index in [1.165, 1.54) is 10.5 Å². The molecule has 0 aliphatic heterocycles. The quantitative estimate of drug-likeness (QED) is 0.887. The number of aryl methyl sites for hydroxylation is 1. The lowest BCUT2D eigenvalue weighted by Gasteiger charge is -2.12. The van der Waals surface area contributed by atoms with Crippen LogP contribution < -0.4 is 10.6 Å². The molecule has 6 nitrogen and oxygen atoms in total. The molecular weight excluding hydrogens is 304 g/mol. The number of pyridine rings is 1. The Balaban J connectivity index is 1.97. The van der Waals surface area contributed by atoms with Crippen molar-refractivity contribution in [2.45, 2.75) is 19.9 Å². The molecule has 0 spiro atoms. The number of anilines is 1. The van der Waals surface area contributed by atoms with Gasteiger partial charge in [-0.05, 0) is 29.7 Å². The predicted molar refractivity (Wildman–Crippen MR) is 93.9 cm³/mol. The van der Waals surface area contributed by atoms with Crippen LogP contribution in [0.1, 0.15) is 28.5 Å². The SMILES string of the molecule is CCc1ccccc1CNC(=O)Nc1cccc(C(=O)N(C)C)n1. The molecule has 0 atom stereocenters. The van der Waals surface area contributed by atoms with E-state index in [9.17, 15) is 9.59 Å². The summed E-state index contributed by atoms with van der Waals surface area (Å²) in [6, 6.07) is 12.6. The zero-order chi connectivity index (χ0) is 17.5. The van der Waals surface area contributed by atoms with Crippen molar-refractivity contribution in [2.75, 3.05) is 19.4 Å². The molecular formula is C18H22N4O2. The van der Waals surface area contributed by atoms with Crippen LogP contribution >= 0.6 is 0 Å². The molecule has 0 saturated heterocycles. The largest absolute Gasteiger partial charge is 0.343 e. The van der Waals surface area contributed by atoms with Crippen LogP contribution in [0.3, 0.4) is 0 Å². The molecule has 6 heteroatoms. The lowest BCUT2D eigenvalue weighted by atomic mass is 10.1. The maximum Gasteiger partial charge on any atom is 0.320 e. The van der Waals surface area contributed by atoms with Gasteiger partial charge in [0.15, 0.2) is 0 Å². The number of hydrogen-bond acceptors (Lipinski definition) is 3. The molecule has 0 saturated carbocycles. The summed E-state index contributed by atoms with van der Waals surface area (Å²) in [6.45, 7) is 2.52. The molecule has 1 aromatic carbocycles. The number of carbonyl (C=O) groups is 2. The molecule has 1 aromatic heterocycles. The van der Waals surface area contributed by atoms with Crippen molar-refractivity contribution in [3.8, 4) is 0 Å². The van der Waals surface area contributed by atoms with E-state index in [4.69, 9.17) is 0 Å². The van der Waals surface area contributed by atoms with Crippen molar-refractivity contribution in [1.29, 1.82) is 0 Å². The third-order valence-electron chi connectivity index (χ3n) is 3.55. The van der Waals surface area contributed by atoms with E-state index >= 15 is 0 Å². The molecule has 126 valence electrons. The lowest BCUT2D eigenvalue weighted by Crippen LogP contribution is -2.29. The molecule has 0 aliphatic carbocycles. The van der Waals surface area contributed by atoms with Crippen molar-refractivity contribution in [2.24, 2.45) is 0 Å². The van der Waals surface area contributed by atoms with Gasteiger partial charge >= 0.3 is 6.03 Å². The topological polar surface area (TPSA) is 74.3 Å². The first kappa shape index (κ1) is 17.5. The fraction of sp³-hybridized carbons (Fsp3) is 0.278. The van der Waals surface area contributed by atoms with E-state index in [1.807, 2.05) is 24.3 Å². The maximum atomic E-state index is 12.0. The monoisotopic (exact) mass is 326 g/mol. The summed E-state index contributed by atoms with van der Waals surface area (Å²) in [4.78, 5) is 29.5. The Morgan fingerprint density at radius 2 is 1.75 bits per heavy atom. The van der Waals surface area contributed by atoms with Crippen LogP contribution in [0.2, 0.25) is 0 Å². The minimum Gasteiger partial charge on any atom is -0.343 e. The molecule has 0 bridgehead atoms. The van der Waals surface area contributed by atoms with Crippen molar-refractivity contribution in [3.63, 3.8) is 0 Å². The number of hydrogen-bond donors (Lipinski definition) is 2. The van der Waals surface area contributed by atoms with Gasteiger partial charge in [0, 0.05) is 20.6 Å². The zero-order valence-electron chi connectivity index (χ0n) is 14.2. The summed E-state index contributed by atoms with van der Waals surface area (Å²) in [6.07, 6.45) is 0.912. The third-order valence-corrected chi connectivity index (χ3v) is 3.55. The normalized spacial score (nSPS) is 10.1. The smallest absolute Gasteiger partial charge is 0.320 e. The number of nitrogens with one attached hydrogen (secondary N) is 2. The van der Waals surface area contributed by atoms with Gasteiger partial charge in [-0.3, -0.25) is 10.1 Å². The van der Waals surface area contributed by atoms with Crippen LogP contribution in [-0.4, -0.2) is 35.9 Å². The Hall–Kier alpha value is -2.89. The Morgan fingerprint density at radius 1 is 1.04 bits per heavy atom. The second kappa shape index (κ2) is 8.10. The highest BCUT2D eigenvalue weighted by molar-refractivity contribution is 5.93. The van der Waals surface area contributed by atoms with Crippen LogP contribution in [-0.2, 0) is 13.0 Å². The molecule has 0 aliphatic rings. The number of amides is 3. The summed E-state index contributed by atoms with van der Waals surface area (Å²) in [5.41, 5.74) is 2.57. The highest BCUT2D eigenvalue weighted by Crippen LogP contribution is 2.10. The average molecular weight is 326 g/mol. The van der Waals surface area contributed by atoms with Crippen molar-refractivity contribution in [3.05, 3.63) is 59.3 Å². The van der Waals surface area contributed by atoms with Crippen molar-refractivity contribution in [1.82, 2.24) is 15.2 Å². The van der Waals surface area contributed by atoms with E-state index in [0.29, 0.717) is 12.4 Å². The van der Waals surface area contributed by atoms with Crippen LogP contribution in [0.5, 0.6) is 0 Å². The Bertz CT molecular complexity index is 728. The first-order chi connectivity index (χ1) is 11.5. The first-order valence-corrected chi connectivity index (χ1v) is 7.81. The summed E-state index contributed by atoms with van der Waals surface area (Å²) < 4.78 is 0. The lowest BCUT2D eigenvalue weighted by molar-refractivity contribution is 0.0822. The molecule has 2 N–H and O–H groups in total. The number of nitrogens with zero attached hydrogens (tertiary/aromatic N) is 2. The maximum absolute atomic E-state index is 12.0. The second-order valence-electron chi connectivity index (χ2n) is 5.54. The summed E-state index contributed by atoms with van der Waals surface area (Å²) in [5.74, 6) is 0.125. The minimum absolute atomic E-state index is 0.212. The van der Waals surface area contributed by atoms with Crippen molar-refractivity contribution >= 4 is 17.8 Å². The molecule has 0 fully saturated rings.